The van der Waals surface area contributed by atoms with Gasteiger partial charge < -0.3 is 9.30 Å². The minimum Gasteiger partial charge on any atom is -0.378 e. The van der Waals surface area contributed by atoms with Gasteiger partial charge in [0.15, 0.2) is 5.65 Å². The summed E-state index contributed by atoms with van der Waals surface area (Å²) in [4.78, 5) is 13.1. The van der Waals surface area contributed by atoms with Gasteiger partial charge in [-0.15, -0.1) is 0 Å². The van der Waals surface area contributed by atoms with Crippen LogP contribution in [0.2, 0.25) is 0 Å². The smallest absolute Gasteiger partial charge is 0.163 e. The number of rotatable bonds is 3. The lowest BCUT2D eigenvalue weighted by Crippen LogP contribution is -2.02. The zero-order valence-corrected chi connectivity index (χ0v) is 9.19. The monoisotopic (exact) mass is 206 g/mol. The number of imidazole rings is 1. The number of hydrogen-bond acceptors (Lipinski definition) is 4. The first-order valence-electron chi connectivity index (χ1n) is 4.92. The third kappa shape index (κ3) is 1.70. The van der Waals surface area contributed by atoms with Gasteiger partial charge in [-0.3, -0.25) is 0 Å². The van der Waals surface area contributed by atoms with Crippen molar-refractivity contribution in [1.29, 1.82) is 0 Å². The van der Waals surface area contributed by atoms with Gasteiger partial charge in [0.25, 0.3) is 0 Å². The molecule has 2 rings (SSSR count). The van der Waals surface area contributed by atoms with Crippen LogP contribution in [0.3, 0.4) is 0 Å². The topological polar surface area (TPSA) is 52.8 Å². The second kappa shape index (κ2) is 3.94. The van der Waals surface area contributed by atoms with Gasteiger partial charge in [0.05, 0.1) is 18.6 Å². The highest BCUT2D eigenvalue weighted by atomic mass is 16.5. The van der Waals surface area contributed by atoms with Gasteiger partial charge in [0, 0.05) is 20.6 Å². The van der Waals surface area contributed by atoms with E-state index in [0.717, 1.165) is 29.1 Å². The van der Waals surface area contributed by atoms with E-state index in [1.807, 2.05) is 18.5 Å². The van der Waals surface area contributed by atoms with Crippen molar-refractivity contribution in [2.75, 3.05) is 7.11 Å². The van der Waals surface area contributed by atoms with Crippen molar-refractivity contribution in [1.82, 2.24) is 19.5 Å². The van der Waals surface area contributed by atoms with Gasteiger partial charge in [-0.25, -0.2) is 15.0 Å². The Balaban J connectivity index is 2.65. The highest BCUT2D eigenvalue weighted by Crippen LogP contribution is 2.14. The summed E-state index contributed by atoms with van der Waals surface area (Å²) in [6, 6.07) is 0. The minimum absolute atomic E-state index is 0.475. The summed E-state index contributed by atoms with van der Waals surface area (Å²) >= 11 is 0. The average molecular weight is 206 g/mol. The van der Waals surface area contributed by atoms with Crippen molar-refractivity contribution >= 4 is 11.2 Å². The standard InChI is InChI=1S/C10H14N4O/c1-4-8-12-7(5-15-3)9-10(13-8)14(2)6-11-9/h6H,4-5H2,1-3H3. The Bertz CT molecular complexity index is 477. The third-order valence-electron chi connectivity index (χ3n) is 2.28. The summed E-state index contributed by atoms with van der Waals surface area (Å²) in [5.74, 6) is 0.832. The molecule has 0 aliphatic rings. The third-order valence-corrected chi connectivity index (χ3v) is 2.28. The lowest BCUT2D eigenvalue weighted by molar-refractivity contribution is 0.182. The summed E-state index contributed by atoms with van der Waals surface area (Å²) in [5, 5.41) is 0. The van der Waals surface area contributed by atoms with Crippen LogP contribution >= 0.6 is 0 Å². The fourth-order valence-electron chi connectivity index (χ4n) is 1.51. The highest BCUT2D eigenvalue weighted by molar-refractivity contribution is 5.73. The van der Waals surface area contributed by atoms with Crippen LogP contribution in [0.1, 0.15) is 18.4 Å². The normalized spacial score (nSPS) is 11.1. The van der Waals surface area contributed by atoms with E-state index in [2.05, 4.69) is 15.0 Å². The van der Waals surface area contributed by atoms with E-state index < -0.39 is 0 Å². The first-order chi connectivity index (χ1) is 7.26. The molecule has 0 spiro atoms. The predicted octanol–water partition coefficient (Wildman–Crippen LogP) is 1.07. The van der Waals surface area contributed by atoms with Crippen molar-refractivity contribution in [2.45, 2.75) is 20.0 Å². The molecule has 0 unspecified atom stereocenters. The number of hydrogen-bond donors (Lipinski definition) is 0. The van der Waals surface area contributed by atoms with Crippen molar-refractivity contribution in [3.05, 3.63) is 17.8 Å². The van der Waals surface area contributed by atoms with Crippen LogP contribution in [0.15, 0.2) is 6.33 Å². The Hall–Kier alpha value is -1.49. The number of methoxy groups -OCH3 is 1. The van der Waals surface area contributed by atoms with Crippen molar-refractivity contribution < 1.29 is 4.74 Å². The second-order valence-corrected chi connectivity index (χ2v) is 3.40. The maximum absolute atomic E-state index is 5.11. The first-order valence-corrected chi connectivity index (χ1v) is 4.92. The van der Waals surface area contributed by atoms with Gasteiger partial charge in [-0.05, 0) is 0 Å². The Morgan fingerprint density at radius 3 is 2.87 bits per heavy atom. The van der Waals surface area contributed by atoms with Gasteiger partial charge in [0.1, 0.15) is 11.3 Å². The molecule has 15 heavy (non-hydrogen) atoms. The minimum atomic E-state index is 0.475. The van der Waals surface area contributed by atoms with Crippen molar-refractivity contribution in [3.8, 4) is 0 Å². The molecule has 5 nitrogen and oxygen atoms in total. The van der Waals surface area contributed by atoms with E-state index in [1.54, 1.807) is 13.4 Å². The van der Waals surface area contributed by atoms with Crippen LogP contribution < -0.4 is 0 Å². The largest absolute Gasteiger partial charge is 0.378 e. The van der Waals surface area contributed by atoms with Crippen molar-refractivity contribution in [2.24, 2.45) is 7.05 Å². The Labute approximate surface area is 88.1 Å². The Morgan fingerprint density at radius 1 is 1.40 bits per heavy atom. The van der Waals surface area contributed by atoms with Crippen molar-refractivity contribution in [3.63, 3.8) is 0 Å². The summed E-state index contributed by atoms with van der Waals surface area (Å²) in [5.41, 5.74) is 2.56. The van der Waals surface area contributed by atoms with Crippen LogP contribution in [0, 0.1) is 0 Å². The summed E-state index contributed by atoms with van der Waals surface area (Å²) in [6.07, 6.45) is 2.57. The molecular formula is C10H14N4O. The Kier molecular flexibility index (Phi) is 2.64. The van der Waals surface area contributed by atoms with Crippen LogP contribution in [0.4, 0.5) is 0 Å². The molecule has 0 radical (unpaired) electrons. The van der Waals surface area contributed by atoms with E-state index in [1.165, 1.54) is 0 Å². The molecule has 5 heteroatoms. The fraction of sp³-hybridized carbons (Fsp3) is 0.500. The summed E-state index contributed by atoms with van der Waals surface area (Å²) in [7, 11) is 3.58. The van der Waals surface area contributed by atoms with Gasteiger partial charge in [0.2, 0.25) is 0 Å². The van der Waals surface area contributed by atoms with Crippen LogP contribution in [0.5, 0.6) is 0 Å². The molecule has 0 aliphatic heterocycles. The van der Waals surface area contributed by atoms with Gasteiger partial charge in [-0.2, -0.15) is 0 Å². The highest BCUT2D eigenvalue weighted by Gasteiger charge is 2.10. The van der Waals surface area contributed by atoms with E-state index in [9.17, 15) is 0 Å². The molecule has 0 atom stereocenters. The molecule has 80 valence electrons. The molecule has 2 aromatic heterocycles. The molecular weight excluding hydrogens is 192 g/mol. The van der Waals surface area contributed by atoms with Crippen LogP contribution in [-0.4, -0.2) is 26.6 Å². The molecule has 0 aliphatic carbocycles. The molecule has 0 saturated heterocycles. The average Bonchev–Trinajstić information content (AvgIpc) is 2.61. The molecule has 2 aromatic rings. The molecule has 0 saturated carbocycles. The summed E-state index contributed by atoms with van der Waals surface area (Å²) in [6.45, 7) is 2.51. The second-order valence-electron chi connectivity index (χ2n) is 3.40. The maximum Gasteiger partial charge on any atom is 0.163 e. The van der Waals surface area contributed by atoms with E-state index >= 15 is 0 Å². The Morgan fingerprint density at radius 2 is 2.20 bits per heavy atom. The van der Waals surface area contributed by atoms with Gasteiger partial charge in [-0.1, -0.05) is 6.92 Å². The first kappa shape index (κ1) is 10.0. The summed E-state index contributed by atoms with van der Waals surface area (Å²) < 4.78 is 7.00. The lowest BCUT2D eigenvalue weighted by Gasteiger charge is -2.03. The molecule has 0 N–H and O–H groups in total. The molecule has 0 fully saturated rings. The zero-order valence-electron chi connectivity index (χ0n) is 9.19. The van der Waals surface area contributed by atoms with Crippen LogP contribution in [-0.2, 0) is 24.8 Å². The number of aryl methyl sites for hydroxylation is 2. The van der Waals surface area contributed by atoms with E-state index in [0.29, 0.717) is 6.61 Å². The molecule has 0 amide bonds. The van der Waals surface area contributed by atoms with Gasteiger partial charge >= 0.3 is 0 Å². The molecule has 0 bridgehead atoms. The SMILES string of the molecule is CCc1nc(COC)c2ncn(C)c2n1. The number of nitrogens with zero attached hydrogens (tertiary/aromatic N) is 4. The fourth-order valence-corrected chi connectivity index (χ4v) is 1.51. The van der Waals surface area contributed by atoms with E-state index in [4.69, 9.17) is 4.74 Å². The number of fused-ring (bicyclic) bond motifs is 1. The van der Waals surface area contributed by atoms with E-state index in [-0.39, 0.29) is 0 Å². The quantitative estimate of drug-likeness (QED) is 0.753. The van der Waals surface area contributed by atoms with Crippen LogP contribution in [0.25, 0.3) is 11.2 Å². The maximum atomic E-state index is 5.11. The molecule has 0 aromatic carbocycles. The predicted molar refractivity (Wildman–Crippen MR) is 56.4 cm³/mol. The molecule has 2 heterocycles. The number of aromatic nitrogens is 4. The zero-order chi connectivity index (χ0) is 10.8. The number of ether oxygens (including phenoxy) is 1. The lowest BCUT2D eigenvalue weighted by atomic mass is 10.3.